The molecule has 0 spiro atoms. The molecule has 1 aromatic heterocycles. The summed E-state index contributed by atoms with van der Waals surface area (Å²) in [6.45, 7) is 2.06. The van der Waals surface area contributed by atoms with Crippen LogP contribution in [0.1, 0.15) is 34.6 Å². The Balaban J connectivity index is 1.71. The van der Waals surface area contributed by atoms with Crippen molar-refractivity contribution in [1.82, 2.24) is 5.32 Å². The molecule has 0 unspecified atom stereocenters. The number of methoxy groups -OCH3 is 1. The number of fused-ring (bicyclic) bond motifs is 1. The number of nitrogens with one attached hydrogen (secondary N) is 1. The fourth-order valence-electron chi connectivity index (χ4n) is 2.42. The van der Waals surface area contributed by atoms with Gasteiger partial charge in [-0.05, 0) is 30.7 Å². The van der Waals surface area contributed by atoms with Gasteiger partial charge in [0.25, 0.3) is 5.91 Å². The van der Waals surface area contributed by atoms with Crippen LogP contribution in [-0.4, -0.2) is 25.8 Å². The fraction of sp³-hybridized carbons (Fsp3) is 0.294. The molecule has 0 saturated heterocycles. The summed E-state index contributed by atoms with van der Waals surface area (Å²) in [7, 11) is 1.28. The zero-order valence-electron chi connectivity index (χ0n) is 13.3. The van der Waals surface area contributed by atoms with Gasteiger partial charge in [0.1, 0.15) is 12.2 Å². The van der Waals surface area contributed by atoms with Crippen LogP contribution in [0, 0.1) is 0 Å². The third-order valence-corrected chi connectivity index (χ3v) is 3.77. The first-order valence-corrected chi connectivity index (χ1v) is 7.42. The van der Waals surface area contributed by atoms with Gasteiger partial charge in [-0.3, -0.25) is 9.59 Å². The normalized spacial score (nSPS) is 13.4. The molecule has 1 atom stereocenters. The van der Waals surface area contributed by atoms with Gasteiger partial charge < -0.3 is 23.9 Å². The molecule has 7 heteroatoms. The maximum Gasteiger partial charge on any atom is 0.313 e. The average Bonchev–Trinajstić information content (AvgIpc) is 3.22. The summed E-state index contributed by atoms with van der Waals surface area (Å²) in [4.78, 5) is 23.8. The summed E-state index contributed by atoms with van der Waals surface area (Å²) in [6.07, 6.45) is 1.28. The van der Waals surface area contributed by atoms with E-state index in [0.29, 0.717) is 17.1 Å². The van der Waals surface area contributed by atoms with E-state index in [9.17, 15) is 9.59 Å². The number of ether oxygens (including phenoxy) is 3. The van der Waals surface area contributed by atoms with Crippen molar-refractivity contribution in [2.24, 2.45) is 0 Å². The second-order valence-electron chi connectivity index (χ2n) is 5.32. The summed E-state index contributed by atoms with van der Waals surface area (Å²) in [5.74, 6) is 0.823. The Bertz CT molecular complexity index is 766. The van der Waals surface area contributed by atoms with E-state index >= 15 is 0 Å². The number of amides is 1. The van der Waals surface area contributed by atoms with Crippen molar-refractivity contribution < 1.29 is 28.2 Å². The van der Waals surface area contributed by atoms with Crippen molar-refractivity contribution in [3.63, 3.8) is 0 Å². The van der Waals surface area contributed by atoms with Crippen molar-refractivity contribution in [3.8, 4) is 11.5 Å². The molecule has 1 aliphatic heterocycles. The van der Waals surface area contributed by atoms with Gasteiger partial charge >= 0.3 is 5.97 Å². The van der Waals surface area contributed by atoms with Gasteiger partial charge in [0.2, 0.25) is 6.79 Å². The summed E-state index contributed by atoms with van der Waals surface area (Å²) in [6, 6.07) is 6.77. The molecule has 0 fully saturated rings. The number of hydrogen-bond donors (Lipinski definition) is 1. The highest BCUT2D eigenvalue weighted by molar-refractivity contribution is 5.96. The summed E-state index contributed by atoms with van der Waals surface area (Å²) in [5, 5.41) is 2.87. The molecule has 1 N–H and O–H groups in total. The van der Waals surface area contributed by atoms with Gasteiger partial charge in [0, 0.05) is 0 Å². The fourth-order valence-corrected chi connectivity index (χ4v) is 2.42. The Morgan fingerprint density at radius 1 is 1.25 bits per heavy atom. The van der Waals surface area contributed by atoms with Crippen LogP contribution in [-0.2, 0) is 16.0 Å². The van der Waals surface area contributed by atoms with Crippen molar-refractivity contribution in [2.75, 3.05) is 13.9 Å². The lowest BCUT2D eigenvalue weighted by atomic mass is 10.1. The topological polar surface area (TPSA) is 87.0 Å². The lowest BCUT2D eigenvalue weighted by Gasteiger charge is -2.14. The van der Waals surface area contributed by atoms with E-state index in [-0.39, 0.29) is 30.9 Å². The van der Waals surface area contributed by atoms with E-state index in [0.717, 1.165) is 5.56 Å². The Hall–Kier alpha value is -2.96. The lowest BCUT2D eigenvalue weighted by molar-refractivity contribution is -0.140. The van der Waals surface area contributed by atoms with Crippen LogP contribution in [0.15, 0.2) is 34.9 Å². The number of esters is 1. The second kappa shape index (κ2) is 6.66. The number of benzene rings is 1. The predicted molar refractivity (Wildman–Crippen MR) is 82.9 cm³/mol. The number of carbonyl (C=O) groups excluding carboxylic acids is 2. The van der Waals surface area contributed by atoms with Gasteiger partial charge in [-0.15, -0.1) is 0 Å². The van der Waals surface area contributed by atoms with E-state index < -0.39 is 5.97 Å². The molecular formula is C17H17NO6. The second-order valence-corrected chi connectivity index (χ2v) is 5.32. The predicted octanol–water partition coefficient (Wildman–Crippen LogP) is 2.21. The van der Waals surface area contributed by atoms with Crippen LogP contribution in [0.25, 0.3) is 0 Å². The molecule has 1 amide bonds. The quantitative estimate of drug-likeness (QED) is 0.845. The highest BCUT2D eigenvalue weighted by Gasteiger charge is 2.21. The first kappa shape index (κ1) is 15.9. The maximum absolute atomic E-state index is 12.4. The van der Waals surface area contributed by atoms with Crippen molar-refractivity contribution in [1.29, 1.82) is 0 Å². The molecule has 0 saturated carbocycles. The number of carbonyl (C=O) groups is 2. The molecule has 0 aliphatic carbocycles. The molecule has 1 aromatic carbocycles. The van der Waals surface area contributed by atoms with E-state index in [4.69, 9.17) is 13.9 Å². The Kier molecular flexibility index (Phi) is 4.41. The molecule has 0 bridgehead atoms. The third kappa shape index (κ3) is 3.19. The summed E-state index contributed by atoms with van der Waals surface area (Å²) in [5.41, 5.74) is 1.19. The lowest BCUT2D eigenvalue weighted by Crippen LogP contribution is -2.27. The van der Waals surface area contributed by atoms with E-state index in [2.05, 4.69) is 10.1 Å². The summed E-state index contributed by atoms with van der Waals surface area (Å²) >= 11 is 0. The Morgan fingerprint density at radius 3 is 2.83 bits per heavy atom. The average molecular weight is 331 g/mol. The largest absolute Gasteiger partial charge is 0.469 e. The molecule has 2 heterocycles. The van der Waals surface area contributed by atoms with Gasteiger partial charge in [-0.2, -0.15) is 0 Å². The Labute approximate surface area is 138 Å². The highest BCUT2D eigenvalue weighted by Crippen LogP contribution is 2.34. The molecular weight excluding hydrogens is 314 g/mol. The van der Waals surface area contributed by atoms with Gasteiger partial charge in [-0.1, -0.05) is 6.07 Å². The SMILES string of the molecule is COC(=O)Cc1occc1C(=O)N[C@@H](C)c1ccc2c(c1)OCO2. The van der Waals surface area contributed by atoms with Gasteiger partial charge in [0.05, 0.1) is 25.0 Å². The summed E-state index contributed by atoms with van der Waals surface area (Å²) < 4.78 is 20.4. The van der Waals surface area contributed by atoms with Crippen LogP contribution in [0.4, 0.5) is 0 Å². The van der Waals surface area contributed by atoms with E-state index in [1.807, 2.05) is 19.1 Å². The van der Waals surface area contributed by atoms with Crippen molar-refractivity contribution in [3.05, 3.63) is 47.4 Å². The molecule has 0 radical (unpaired) electrons. The standard InChI is InChI=1S/C17H17NO6/c1-10(11-3-4-13-15(7-11)24-9-23-13)18-17(20)12-5-6-22-14(12)8-16(19)21-2/h3-7,10H,8-9H2,1-2H3,(H,18,20)/t10-/m0/s1. The third-order valence-electron chi connectivity index (χ3n) is 3.77. The minimum absolute atomic E-state index is 0.0926. The number of furan rings is 1. The number of hydrogen-bond acceptors (Lipinski definition) is 6. The molecule has 3 rings (SSSR count). The van der Waals surface area contributed by atoms with Crippen LogP contribution in [0.2, 0.25) is 0 Å². The van der Waals surface area contributed by atoms with Crippen molar-refractivity contribution in [2.45, 2.75) is 19.4 Å². The first-order valence-electron chi connectivity index (χ1n) is 7.42. The van der Waals surface area contributed by atoms with E-state index in [1.54, 1.807) is 6.07 Å². The molecule has 2 aromatic rings. The zero-order valence-corrected chi connectivity index (χ0v) is 13.3. The number of rotatable bonds is 5. The molecule has 24 heavy (non-hydrogen) atoms. The van der Waals surface area contributed by atoms with Crippen LogP contribution in [0.5, 0.6) is 11.5 Å². The first-order chi connectivity index (χ1) is 11.6. The highest BCUT2D eigenvalue weighted by atomic mass is 16.7. The molecule has 1 aliphatic rings. The minimum Gasteiger partial charge on any atom is -0.469 e. The smallest absolute Gasteiger partial charge is 0.313 e. The zero-order chi connectivity index (χ0) is 17.1. The van der Waals surface area contributed by atoms with Gasteiger partial charge in [-0.25, -0.2) is 0 Å². The molecule has 7 nitrogen and oxygen atoms in total. The minimum atomic E-state index is -0.470. The van der Waals surface area contributed by atoms with Crippen LogP contribution in [0.3, 0.4) is 0 Å². The van der Waals surface area contributed by atoms with Crippen LogP contribution < -0.4 is 14.8 Å². The van der Waals surface area contributed by atoms with Gasteiger partial charge in [0.15, 0.2) is 11.5 Å². The van der Waals surface area contributed by atoms with E-state index in [1.165, 1.54) is 19.4 Å². The molecule has 126 valence electrons. The van der Waals surface area contributed by atoms with Crippen LogP contribution >= 0.6 is 0 Å². The Morgan fingerprint density at radius 2 is 2.04 bits per heavy atom. The maximum atomic E-state index is 12.4. The van der Waals surface area contributed by atoms with Crippen molar-refractivity contribution >= 4 is 11.9 Å². The monoisotopic (exact) mass is 331 g/mol.